The first-order valence-electron chi connectivity index (χ1n) is 6.35. The van der Waals surface area contributed by atoms with Crippen molar-refractivity contribution in [1.82, 2.24) is 0 Å². The van der Waals surface area contributed by atoms with Gasteiger partial charge in [-0.2, -0.15) is 5.26 Å². The normalized spacial score (nSPS) is 9.81. The Kier molecular flexibility index (Phi) is 4.19. The Labute approximate surface area is 122 Å². The monoisotopic (exact) mass is 283 g/mol. The third-order valence-corrected chi connectivity index (χ3v) is 3.06. The number of rotatable bonds is 3. The van der Waals surface area contributed by atoms with Crippen LogP contribution in [0, 0.1) is 24.1 Å². The van der Waals surface area contributed by atoms with E-state index in [0.29, 0.717) is 11.3 Å². The molecule has 0 saturated carbocycles. The fourth-order valence-corrected chi connectivity index (χ4v) is 2.00. The Bertz CT molecular complexity index is 735. The van der Waals surface area contributed by atoms with Gasteiger partial charge in [0.25, 0.3) is 5.91 Å². The Morgan fingerprint density at radius 2 is 2.00 bits per heavy atom. The number of aryl methyl sites for hydroxylation is 1. The Hall–Kier alpha value is -2.87. The molecule has 0 saturated heterocycles. The lowest BCUT2D eigenvalue weighted by Gasteiger charge is -2.11. The van der Waals surface area contributed by atoms with Crippen LogP contribution in [0.15, 0.2) is 36.4 Å². The smallest absolute Gasteiger partial charge is 0.257 e. The second-order valence-corrected chi connectivity index (χ2v) is 4.53. The van der Waals surface area contributed by atoms with Crippen molar-refractivity contribution in [2.75, 3.05) is 17.7 Å². The van der Waals surface area contributed by atoms with Gasteiger partial charge in [0.05, 0.1) is 11.3 Å². The van der Waals surface area contributed by atoms with Gasteiger partial charge in [-0.3, -0.25) is 4.79 Å². The maximum absolute atomic E-state index is 13.5. The van der Waals surface area contributed by atoms with Crippen LogP contribution < -0.4 is 10.6 Å². The van der Waals surface area contributed by atoms with Crippen molar-refractivity contribution in [2.24, 2.45) is 0 Å². The summed E-state index contributed by atoms with van der Waals surface area (Å²) < 4.78 is 13.5. The summed E-state index contributed by atoms with van der Waals surface area (Å²) in [4.78, 5) is 12.3. The van der Waals surface area contributed by atoms with E-state index in [2.05, 4.69) is 10.6 Å². The number of nitriles is 1. The van der Waals surface area contributed by atoms with E-state index in [1.54, 1.807) is 25.2 Å². The first-order chi connectivity index (χ1) is 10.1. The van der Waals surface area contributed by atoms with Crippen molar-refractivity contribution in [3.63, 3.8) is 0 Å². The van der Waals surface area contributed by atoms with E-state index in [-0.39, 0.29) is 11.3 Å². The van der Waals surface area contributed by atoms with Gasteiger partial charge in [0.2, 0.25) is 0 Å². The minimum absolute atomic E-state index is 0.158. The maximum atomic E-state index is 13.5. The molecular formula is C16H14FN3O. The third-order valence-electron chi connectivity index (χ3n) is 3.06. The van der Waals surface area contributed by atoms with Gasteiger partial charge >= 0.3 is 0 Å². The second kappa shape index (κ2) is 6.06. The summed E-state index contributed by atoms with van der Waals surface area (Å²) in [5.41, 5.74) is 2.01. The molecule has 21 heavy (non-hydrogen) atoms. The summed E-state index contributed by atoms with van der Waals surface area (Å²) in [5, 5.41) is 14.5. The van der Waals surface area contributed by atoms with Gasteiger partial charge in [0.1, 0.15) is 17.4 Å². The lowest BCUT2D eigenvalue weighted by atomic mass is 10.1. The molecule has 1 amide bonds. The highest BCUT2D eigenvalue weighted by atomic mass is 19.1. The Balaban J connectivity index is 2.38. The summed E-state index contributed by atoms with van der Waals surface area (Å²) in [6.07, 6.45) is 0. The van der Waals surface area contributed by atoms with Crippen molar-refractivity contribution in [3.05, 3.63) is 58.9 Å². The number of benzene rings is 2. The quantitative estimate of drug-likeness (QED) is 0.908. The minimum Gasteiger partial charge on any atom is -0.387 e. The van der Waals surface area contributed by atoms with E-state index in [1.165, 1.54) is 18.2 Å². The molecule has 2 aromatic carbocycles. The van der Waals surface area contributed by atoms with Gasteiger partial charge in [-0.25, -0.2) is 4.39 Å². The van der Waals surface area contributed by atoms with E-state index in [4.69, 9.17) is 5.26 Å². The number of nitrogens with one attached hydrogen (secondary N) is 2. The standard InChI is InChI=1S/C16H14FN3O/c1-10-6-7-14(19-2)11(8-10)16(21)20-15-5-3-4-13(17)12(15)9-18/h3-8,19H,1-2H3,(H,20,21). The van der Waals surface area contributed by atoms with E-state index in [1.807, 2.05) is 13.0 Å². The largest absolute Gasteiger partial charge is 0.387 e. The third kappa shape index (κ3) is 3.00. The molecule has 0 aliphatic rings. The van der Waals surface area contributed by atoms with E-state index < -0.39 is 11.7 Å². The van der Waals surface area contributed by atoms with Crippen LogP contribution in [0.2, 0.25) is 0 Å². The molecule has 0 aromatic heterocycles. The molecule has 0 radical (unpaired) electrons. The molecule has 0 bridgehead atoms. The molecule has 2 aromatic rings. The van der Waals surface area contributed by atoms with Crippen LogP contribution >= 0.6 is 0 Å². The highest BCUT2D eigenvalue weighted by Gasteiger charge is 2.14. The van der Waals surface area contributed by atoms with Crippen LogP contribution in [0.1, 0.15) is 21.5 Å². The zero-order valence-corrected chi connectivity index (χ0v) is 11.7. The van der Waals surface area contributed by atoms with E-state index in [0.717, 1.165) is 5.56 Å². The number of halogens is 1. The second-order valence-electron chi connectivity index (χ2n) is 4.53. The zero-order valence-electron chi connectivity index (χ0n) is 11.7. The predicted octanol–water partition coefficient (Wildman–Crippen LogP) is 3.30. The van der Waals surface area contributed by atoms with Gasteiger partial charge < -0.3 is 10.6 Å². The molecule has 0 aliphatic carbocycles. The topological polar surface area (TPSA) is 64.9 Å². The number of amides is 1. The van der Waals surface area contributed by atoms with Gasteiger partial charge in [-0.1, -0.05) is 17.7 Å². The molecule has 0 heterocycles. The van der Waals surface area contributed by atoms with E-state index >= 15 is 0 Å². The molecule has 0 unspecified atom stereocenters. The van der Waals surface area contributed by atoms with Crippen molar-refractivity contribution >= 4 is 17.3 Å². The van der Waals surface area contributed by atoms with Gasteiger partial charge in [0.15, 0.2) is 0 Å². The summed E-state index contributed by atoms with van der Waals surface area (Å²) >= 11 is 0. The van der Waals surface area contributed by atoms with Crippen LogP contribution in [0.4, 0.5) is 15.8 Å². The van der Waals surface area contributed by atoms with Crippen LogP contribution in [-0.2, 0) is 0 Å². The molecule has 0 fully saturated rings. The molecule has 2 N–H and O–H groups in total. The zero-order chi connectivity index (χ0) is 15.4. The highest BCUT2D eigenvalue weighted by molar-refractivity contribution is 6.08. The molecule has 2 rings (SSSR count). The van der Waals surface area contributed by atoms with Crippen LogP contribution in [-0.4, -0.2) is 13.0 Å². The molecule has 0 aliphatic heterocycles. The number of nitrogens with zero attached hydrogens (tertiary/aromatic N) is 1. The van der Waals surface area contributed by atoms with Crippen LogP contribution in [0.25, 0.3) is 0 Å². The number of carbonyl (C=O) groups excluding carboxylic acids is 1. The lowest BCUT2D eigenvalue weighted by molar-refractivity contribution is 0.102. The SMILES string of the molecule is CNc1ccc(C)cc1C(=O)Nc1cccc(F)c1C#N. The fourth-order valence-electron chi connectivity index (χ4n) is 2.00. The van der Waals surface area contributed by atoms with Crippen molar-refractivity contribution in [3.8, 4) is 6.07 Å². The molecule has 4 nitrogen and oxygen atoms in total. The van der Waals surface area contributed by atoms with Crippen molar-refractivity contribution in [1.29, 1.82) is 5.26 Å². The minimum atomic E-state index is -0.659. The number of hydrogen-bond acceptors (Lipinski definition) is 3. The predicted molar refractivity (Wildman–Crippen MR) is 79.8 cm³/mol. The van der Waals surface area contributed by atoms with E-state index in [9.17, 15) is 9.18 Å². The van der Waals surface area contributed by atoms with Crippen molar-refractivity contribution < 1.29 is 9.18 Å². The first kappa shape index (κ1) is 14.5. The summed E-state index contributed by atoms with van der Waals surface area (Å²) in [6.45, 7) is 1.87. The molecule has 0 atom stereocenters. The summed E-state index contributed by atoms with van der Waals surface area (Å²) in [6, 6.07) is 11.3. The average Bonchev–Trinajstić information content (AvgIpc) is 2.47. The fraction of sp³-hybridized carbons (Fsp3) is 0.125. The molecular weight excluding hydrogens is 269 g/mol. The van der Waals surface area contributed by atoms with Gasteiger partial charge in [0, 0.05) is 12.7 Å². The number of hydrogen-bond donors (Lipinski definition) is 2. The van der Waals surface area contributed by atoms with Crippen LogP contribution in [0.3, 0.4) is 0 Å². The molecule has 5 heteroatoms. The average molecular weight is 283 g/mol. The van der Waals surface area contributed by atoms with Gasteiger partial charge in [-0.05, 0) is 31.2 Å². The van der Waals surface area contributed by atoms with Gasteiger partial charge in [-0.15, -0.1) is 0 Å². The summed E-state index contributed by atoms with van der Waals surface area (Å²) in [7, 11) is 1.71. The van der Waals surface area contributed by atoms with Crippen molar-refractivity contribution in [2.45, 2.75) is 6.92 Å². The highest BCUT2D eigenvalue weighted by Crippen LogP contribution is 2.22. The number of carbonyl (C=O) groups is 1. The molecule has 106 valence electrons. The molecule has 0 spiro atoms. The maximum Gasteiger partial charge on any atom is 0.257 e. The summed E-state index contributed by atoms with van der Waals surface area (Å²) in [5.74, 6) is -1.06. The Morgan fingerprint density at radius 3 is 2.67 bits per heavy atom. The lowest BCUT2D eigenvalue weighted by Crippen LogP contribution is -2.15. The number of anilines is 2. The van der Waals surface area contributed by atoms with Crippen LogP contribution in [0.5, 0.6) is 0 Å². The first-order valence-corrected chi connectivity index (χ1v) is 6.35. The Morgan fingerprint density at radius 1 is 1.24 bits per heavy atom.